The summed E-state index contributed by atoms with van der Waals surface area (Å²) in [4.78, 5) is 13.4. The standard InChI is InChI=1S/C14H19NO2/c1-11(16)8-14(9-17-10-14)12-4-6-13(7-5-12)15(2)3/h4-7H,8-10H2,1-3H3. The van der Waals surface area contributed by atoms with E-state index in [4.69, 9.17) is 4.74 Å². The molecule has 0 radical (unpaired) electrons. The molecule has 1 heterocycles. The second-order valence-electron chi connectivity index (χ2n) is 5.09. The van der Waals surface area contributed by atoms with Crippen LogP contribution in [0.3, 0.4) is 0 Å². The minimum absolute atomic E-state index is 0.0727. The lowest BCUT2D eigenvalue weighted by Crippen LogP contribution is -2.47. The van der Waals surface area contributed by atoms with Crippen LogP contribution in [0.1, 0.15) is 18.9 Å². The fourth-order valence-corrected chi connectivity index (χ4v) is 2.31. The van der Waals surface area contributed by atoms with Crippen molar-refractivity contribution in [3.8, 4) is 0 Å². The lowest BCUT2D eigenvalue weighted by Gasteiger charge is -2.41. The van der Waals surface area contributed by atoms with Gasteiger partial charge in [-0.05, 0) is 24.6 Å². The molecule has 0 saturated carbocycles. The highest BCUT2D eigenvalue weighted by atomic mass is 16.5. The molecule has 0 amide bonds. The van der Waals surface area contributed by atoms with Gasteiger partial charge in [0.15, 0.2) is 0 Å². The first-order chi connectivity index (χ1) is 8.03. The summed E-state index contributed by atoms with van der Waals surface area (Å²) < 4.78 is 5.31. The van der Waals surface area contributed by atoms with Gasteiger partial charge in [0.05, 0.1) is 13.2 Å². The number of carbonyl (C=O) groups excluding carboxylic acids is 1. The number of ether oxygens (including phenoxy) is 1. The van der Waals surface area contributed by atoms with Gasteiger partial charge in [0.1, 0.15) is 5.78 Å². The number of carbonyl (C=O) groups is 1. The molecule has 1 fully saturated rings. The Morgan fingerprint density at radius 1 is 1.29 bits per heavy atom. The molecule has 1 aromatic rings. The van der Waals surface area contributed by atoms with Gasteiger partial charge >= 0.3 is 0 Å². The van der Waals surface area contributed by atoms with Crippen molar-refractivity contribution in [3.63, 3.8) is 0 Å². The molecule has 3 nitrogen and oxygen atoms in total. The molecule has 0 bridgehead atoms. The van der Waals surface area contributed by atoms with Crippen molar-refractivity contribution < 1.29 is 9.53 Å². The van der Waals surface area contributed by atoms with Crippen molar-refractivity contribution in [2.24, 2.45) is 0 Å². The van der Waals surface area contributed by atoms with E-state index in [1.807, 2.05) is 14.1 Å². The molecule has 0 aliphatic carbocycles. The van der Waals surface area contributed by atoms with Crippen molar-refractivity contribution >= 4 is 11.5 Å². The smallest absolute Gasteiger partial charge is 0.130 e. The number of Topliss-reactive ketones (excluding diaryl/α,β-unsaturated/α-hetero) is 1. The first-order valence-corrected chi connectivity index (χ1v) is 5.89. The summed E-state index contributed by atoms with van der Waals surface area (Å²) in [6, 6.07) is 8.41. The van der Waals surface area contributed by atoms with Gasteiger partial charge in [-0.15, -0.1) is 0 Å². The minimum atomic E-state index is -0.0727. The highest BCUT2D eigenvalue weighted by Crippen LogP contribution is 2.36. The van der Waals surface area contributed by atoms with E-state index in [0.29, 0.717) is 19.6 Å². The van der Waals surface area contributed by atoms with Crippen LogP contribution in [0.2, 0.25) is 0 Å². The van der Waals surface area contributed by atoms with E-state index in [-0.39, 0.29) is 11.2 Å². The Morgan fingerprint density at radius 3 is 2.24 bits per heavy atom. The molecule has 17 heavy (non-hydrogen) atoms. The van der Waals surface area contributed by atoms with Crippen LogP contribution in [-0.2, 0) is 14.9 Å². The number of rotatable bonds is 4. The maximum Gasteiger partial charge on any atom is 0.130 e. The Kier molecular flexibility index (Phi) is 3.20. The molecule has 0 N–H and O–H groups in total. The Balaban J connectivity index is 2.23. The zero-order valence-corrected chi connectivity index (χ0v) is 10.7. The third-order valence-corrected chi connectivity index (χ3v) is 3.34. The molecule has 1 aliphatic rings. The topological polar surface area (TPSA) is 29.5 Å². The van der Waals surface area contributed by atoms with Gasteiger partial charge in [-0.1, -0.05) is 12.1 Å². The first-order valence-electron chi connectivity index (χ1n) is 5.89. The Bertz CT molecular complexity index is 405. The van der Waals surface area contributed by atoms with Crippen molar-refractivity contribution in [2.45, 2.75) is 18.8 Å². The number of hydrogen-bond acceptors (Lipinski definition) is 3. The van der Waals surface area contributed by atoms with Crippen LogP contribution in [0, 0.1) is 0 Å². The lowest BCUT2D eigenvalue weighted by molar-refractivity contribution is -0.125. The van der Waals surface area contributed by atoms with Crippen LogP contribution in [-0.4, -0.2) is 33.1 Å². The largest absolute Gasteiger partial charge is 0.379 e. The maximum atomic E-state index is 11.3. The third-order valence-electron chi connectivity index (χ3n) is 3.34. The number of hydrogen-bond donors (Lipinski definition) is 0. The van der Waals surface area contributed by atoms with Crippen LogP contribution < -0.4 is 4.90 Å². The van der Waals surface area contributed by atoms with Gasteiger partial charge in [0.25, 0.3) is 0 Å². The minimum Gasteiger partial charge on any atom is -0.379 e. The van der Waals surface area contributed by atoms with Gasteiger partial charge in [-0.25, -0.2) is 0 Å². The predicted octanol–water partition coefficient (Wildman–Crippen LogP) is 2.00. The number of nitrogens with zero attached hydrogens (tertiary/aromatic N) is 1. The molecule has 1 aromatic carbocycles. The van der Waals surface area contributed by atoms with E-state index in [1.165, 1.54) is 11.3 Å². The van der Waals surface area contributed by atoms with Gasteiger partial charge < -0.3 is 9.64 Å². The van der Waals surface area contributed by atoms with E-state index < -0.39 is 0 Å². The van der Waals surface area contributed by atoms with Crippen LogP contribution in [0.5, 0.6) is 0 Å². The molecular weight excluding hydrogens is 214 g/mol. The molecule has 2 rings (SSSR count). The van der Waals surface area contributed by atoms with E-state index in [1.54, 1.807) is 6.92 Å². The van der Waals surface area contributed by atoms with Crippen LogP contribution in [0.15, 0.2) is 24.3 Å². The zero-order valence-electron chi connectivity index (χ0n) is 10.7. The van der Waals surface area contributed by atoms with E-state index >= 15 is 0 Å². The molecule has 0 atom stereocenters. The van der Waals surface area contributed by atoms with Crippen molar-refractivity contribution in [2.75, 3.05) is 32.2 Å². The molecule has 3 heteroatoms. The average molecular weight is 233 g/mol. The highest BCUT2D eigenvalue weighted by molar-refractivity contribution is 5.77. The van der Waals surface area contributed by atoms with Crippen molar-refractivity contribution in [1.82, 2.24) is 0 Å². The molecule has 0 unspecified atom stereocenters. The number of benzene rings is 1. The summed E-state index contributed by atoms with van der Waals surface area (Å²) in [5, 5.41) is 0. The summed E-state index contributed by atoms with van der Waals surface area (Å²) in [7, 11) is 4.04. The average Bonchev–Trinajstić information content (AvgIpc) is 2.23. The summed E-state index contributed by atoms with van der Waals surface area (Å²) in [6.07, 6.45) is 0.578. The molecule has 0 aromatic heterocycles. The lowest BCUT2D eigenvalue weighted by atomic mass is 9.75. The van der Waals surface area contributed by atoms with E-state index in [2.05, 4.69) is 29.2 Å². The summed E-state index contributed by atoms with van der Waals surface area (Å²) >= 11 is 0. The third kappa shape index (κ3) is 2.34. The molecular formula is C14H19NO2. The monoisotopic (exact) mass is 233 g/mol. The highest BCUT2D eigenvalue weighted by Gasteiger charge is 2.41. The maximum absolute atomic E-state index is 11.3. The van der Waals surface area contributed by atoms with Crippen LogP contribution in [0.4, 0.5) is 5.69 Å². The second-order valence-corrected chi connectivity index (χ2v) is 5.09. The normalized spacial score (nSPS) is 17.4. The second kappa shape index (κ2) is 4.49. The molecule has 1 saturated heterocycles. The fraction of sp³-hybridized carbons (Fsp3) is 0.500. The van der Waals surface area contributed by atoms with Gasteiger partial charge in [-0.2, -0.15) is 0 Å². The van der Waals surface area contributed by atoms with E-state index in [9.17, 15) is 4.79 Å². The van der Waals surface area contributed by atoms with Crippen LogP contribution in [0.25, 0.3) is 0 Å². The van der Waals surface area contributed by atoms with E-state index in [0.717, 1.165) is 0 Å². The fourth-order valence-electron chi connectivity index (χ4n) is 2.31. The zero-order chi connectivity index (χ0) is 12.5. The number of anilines is 1. The summed E-state index contributed by atoms with van der Waals surface area (Å²) in [5.74, 6) is 0.227. The quantitative estimate of drug-likeness (QED) is 0.796. The molecule has 92 valence electrons. The van der Waals surface area contributed by atoms with Crippen molar-refractivity contribution in [3.05, 3.63) is 29.8 Å². The van der Waals surface area contributed by atoms with Gasteiger partial charge in [0.2, 0.25) is 0 Å². The van der Waals surface area contributed by atoms with Crippen LogP contribution >= 0.6 is 0 Å². The first kappa shape index (κ1) is 12.1. The van der Waals surface area contributed by atoms with Gasteiger partial charge in [-0.3, -0.25) is 4.79 Å². The number of ketones is 1. The summed E-state index contributed by atoms with van der Waals surface area (Å²) in [6.45, 7) is 2.97. The molecule has 0 spiro atoms. The Hall–Kier alpha value is -1.35. The Labute approximate surface area is 102 Å². The summed E-state index contributed by atoms with van der Waals surface area (Å²) in [5.41, 5.74) is 2.31. The Morgan fingerprint density at radius 2 is 1.88 bits per heavy atom. The molecule has 1 aliphatic heterocycles. The van der Waals surface area contributed by atoms with Crippen molar-refractivity contribution in [1.29, 1.82) is 0 Å². The van der Waals surface area contributed by atoms with Gasteiger partial charge in [0, 0.05) is 31.6 Å². The predicted molar refractivity (Wildman–Crippen MR) is 68.6 cm³/mol. The SMILES string of the molecule is CC(=O)CC1(c2ccc(N(C)C)cc2)COC1.